The first-order valence-corrected chi connectivity index (χ1v) is 6.67. The minimum absolute atomic E-state index is 0.0770. The minimum Gasteiger partial charge on any atom is -0.377 e. The zero-order valence-corrected chi connectivity index (χ0v) is 12.6. The van der Waals surface area contributed by atoms with Gasteiger partial charge in [-0.1, -0.05) is 20.8 Å². The predicted molar refractivity (Wildman–Crippen MR) is 71.3 cm³/mol. The number of likely N-dealkylation sites (N-methyl/N-ethyl adjacent to an activating group) is 1. The molecule has 1 heterocycles. The Morgan fingerprint density at radius 2 is 1.73 bits per heavy atom. The van der Waals surface area contributed by atoms with E-state index in [-0.39, 0.29) is 5.56 Å². The van der Waals surface area contributed by atoms with Crippen LogP contribution in [0.4, 0.5) is 17.6 Å². The van der Waals surface area contributed by atoms with E-state index in [1.54, 1.807) is 20.8 Å². The predicted octanol–water partition coefficient (Wildman–Crippen LogP) is 3.13. The van der Waals surface area contributed by atoms with E-state index >= 15 is 0 Å². The molecule has 1 aromatic rings. The lowest BCUT2D eigenvalue weighted by molar-refractivity contribution is -0.212. The maximum Gasteiger partial charge on any atom is 0.416 e. The molecular weight excluding hydrogens is 302 g/mol. The first-order valence-electron chi connectivity index (χ1n) is 6.67. The van der Waals surface area contributed by atoms with Crippen LogP contribution in [0.3, 0.4) is 0 Å². The zero-order valence-electron chi connectivity index (χ0n) is 12.6. The summed E-state index contributed by atoms with van der Waals surface area (Å²) in [6.07, 6.45) is -4.71. The van der Waals surface area contributed by atoms with Crippen LogP contribution in [0.15, 0.2) is 18.2 Å². The second-order valence-electron chi connectivity index (χ2n) is 6.61. The van der Waals surface area contributed by atoms with Crippen molar-refractivity contribution in [3.05, 3.63) is 35.1 Å². The summed E-state index contributed by atoms with van der Waals surface area (Å²) in [4.78, 5) is 13.2. The molecule has 1 aliphatic rings. The summed E-state index contributed by atoms with van der Waals surface area (Å²) < 4.78 is 52.0. The molecule has 122 valence electrons. The second kappa shape index (κ2) is 4.68. The number of hydrogen-bond acceptors (Lipinski definition) is 2. The molecule has 3 nitrogen and oxygen atoms in total. The first-order chi connectivity index (χ1) is 9.80. The Balaban J connectivity index is 2.56. The van der Waals surface area contributed by atoms with Gasteiger partial charge in [0.15, 0.2) is 5.60 Å². The summed E-state index contributed by atoms with van der Waals surface area (Å²) in [5.74, 6) is -1.66. The molecule has 0 radical (unpaired) electrons. The number of aliphatic hydroxyl groups is 1. The lowest BCUT2D eigenvalue weighted by Gasteiger charge is -2.57. The SMILES string of the molecule is CN1C(=O)C(O)(C(C)(C)C)C1c1cc(F)cc(C(F)(F)F)c1. The van der Waals surface area contributed by atoms with Crippen molar-refractivity contribution in [1.82, 2.24) is 4.90 Å². The third kappa shape index (κ3) is 2.27. The fourth-order valence-electron chi connectivity index (χ4n) is 2.85. The molecule has 1 fully saturated rings. The third-order valence-electron chi connectivity index (χ3n) is 4.14. The van der Waals surface area contributed by atoms with Gasteiger partial charge in [0.1, 0.15) is 5.82 Å². The molecule has 0 aliphatic carbocycles. The van der Waals surface area contributed by atoms with Gasteiger partial charge in [-0.25, -0.2) is 4.39 Å². The highest BCUT2D eigenvalue weighted by Crippen LogP contribution is 2.52. The van der Waals surface area contributed by atoms with Crippen LogP contribution in [0.2, 0.25) is 0 Å². The second-order valence-corrected chi connectivity index (χ2v) is 6.61. The average Bonchev–Trinajstić information content (AvgIpc) is 2.35. The van der Waals surface area contributed by atoms with Gasteiger partial charge in [0.05, 0.1) is 11.6 Å². The number of rotatable bonds is 1. The average molecular weight is 319 g/mol. The molecule has 2 atom stereocenters. The number of β-lactam (4-membered cyclic amide) rings is 1. The van der Waals surface area contributed by atoms with E-state index in [1.165, 1.54) is 7.05 Å². The summed E-state index contributed by atoms with van der Waals surface area (Å²) in [6, 6.07) is 1.05. The molecule has 1 N–H and O–H groups in total. The molecule has 1 aromatic carbocycles. The lowest BCUT2D eigenvalue weighted by Crippen LogP contribution is -2.72. The molecule has 22 heavy (non-hydrogen) atoms. The molecule has 2 rings (SSSR count). The van der Waals surface area contributed by atoms with Gasteiger partial charge in [0, 0.05) is 12.5 Å². The number of hydrogen-bond donors (Lipinski definition) is 1. The molecular formula is C15H17F4NO2. The first kappa shape index (κ1) is 16.7. The Kier molecular flexibility index (Phi) is 3.56. The molecule has 0 bridgehead atoms. The Hall–Kier alpha value is -1.63. The Bertz CT molecular complexity index is 621. The van der Waals surface area contributed by atoms with E-state index in [9.17, 15) is 27.5 Å². The number of halogens is 4. The van der Waals surface area contributed by atoms with Crippen molar-refractivity contribution < 1.29 is 27.5 Å². The number of nitrogens with zero attached hydrogens (tertiary/aromatic N) is 1. The minimum atomic E-state index is -4.71. The van der Waals surface area contributed by atoms with Crippen molar-refractivity contribution >= 4 is 5.91 Å². The van der Waals surface area contributed by atoms with Gasteiger partial charge in [0.2, 0.25) is 0 Å². The zero-order chi connectivity index (χ0) is 17.1. The number of likely N-dealkylation sites (tertiary alicyclic amines) is 1. The standard InChI is InChI=1S/C15H17F4NO2/c1-13(2,3)14(22)11(20(4)12(14)21)8-5-9(15(17,18)19)7-10(16)6-8/h5-7,11,22H,1-4H3. The molecule has 1 saturated heterocycles. The van der Waals surface area contributed by atoms with E-state index in [0.717, 1.165) is 17.0 Å². The number of carbonyl (C=O) groups excluding carboxylic acids is 1. The highest BCUT2D eigenvalue weighted by atomic mass is 19.4. The van der Waals surface area contributed by atoms with E-state index in [4.69, 9.17) is 0 Å². The van der Waals surface area contributed by atoms with Crippen LogP contribution in [0.1, 0.15) is 37.9 Å². The van der Waals surface area contributed by atoms with Crippen LogP contribution >= 0.6 is 0 Å². The monoisotopic (exact) mass is 319 g/mol. The topological polar surface area (TPSA) is 40.5 Å². The van der Waals surface area contributed by atoms with Crippen molar-refractivity contribution in [1.29, 1.82) is 0 Å². The molecule has 0 spiro atoms. The highest BCUT2D eigenvalue weighted by Gasteiger charge is 2.64. The van der Waals surface area contributed by atoms with Crippen LogP contribution in [0, 0.1) is 11.2 Å². The van der Waals surface area contributed by atoms with E-state index in [1.807, 2.05) is 0 Å². The smallest absolute Gasteiger partial charge is 0.377 e. The Morgan fingerprint density at radius 3 is 2.18 bits per heavy atom. The van der Waals surface area contributed by atoms with Gasteiger partial charge in [-0.05, 0) is 23.8 Å². The molecule has 7 heteroatoms. The quantitative estimate of drug-likeness (QED) is 0.638. The van der Waals surface area contributed by atoms with Gasteiger partial charge in [-0.2, -0.15) is 13.2 Å². The van der Waals surface area contributed by atoms with Crippen molar-refractivity contribution in [2.45, 2.75) is 38.6 Å². The van der Waals surface area contributed by atoms with E-state index < -0.39 is 40.5 Å². The Labute approximate surface area is 125 Å². The maximum absolute atomic E-state index is 13.6. The maximum atomic E-state index is 13.6. The molecule has 2 unspecified atom stereocenters. The molecule has 0 aromatic heterocycles. The van der Waals surface area contributed by atoms with Gasteiger partial charge in [-0.15, -0.1) is 0 Å². The van der Waals surface area contributed by atoms with Crippen LogP contribution in [-0.2, 0) is 11.0 Å². The normalized spacial score (nSPS) is 26.1. The van der Waals surface area contributed by atoms with Crippen LogP contribution in [0.5, 0.6) is 0 Å². The number of carbonyl (C=O) groups is 1. The van der Waals surface area contributed by atoms with Crippen LogP contribution in [-0.4, -0.2) is 28.6 Å². The van der Waals surface area contributed by atoms with Crippen molar-refractivity contribution in [2.24, 2.45) is 5.41 Å². The van der Waals surface area contributed by atoms with Crippen molar-refractivity contribution in [3.8, 4) is 0 Å². The summed E-state index contributed by atoms with van der Waals surface area (Å²) in [5, 5.41) is 10.7. The number of benzene rings is 1. The molecule has 0 saturated carbocycles. The van der Waals surface area contributed by atoms with Gasteiger partial charge in [-0.3, -0.25) is 4.79 Å². The van der Waals surface area contributed by atoms with Gasteiger partial charge in [0.25, 0.3) is 5.91 Å². The summed E-state index contributed by atoms with van der Waals surface area (Å²) in [5.41, 5.74) is -4.01. The number of alkyl halides is 3. The van der Waals surface area contributed by atoms with Crippen molar-refractivity contribution in [3.63, 3.8) is 0 Å². The van der Waals surface area contributed by atoms with Gasteiger partial charge < -0.3 is 10.0 Å². The van der Waals surface area contributed by atoms with Crippen LogP contribution in [0.25, 0.3) is 0 Å². The molecule has 1 amide bonds. The Morgan fingerprint density at radius 1 is 1.18 bits per heavy atom. The van der Waals surface area contributed by atoms with E-state index in [2.05, 4.69) is 0 Å². The van der Waals surface area contributed by atoms with Crippen molar-refractivity contribution in [2.75, 3.05) is 7.05 Å². The number of amides is 1. The van der Waals surface area contributed by atoms with E-state index in [0.29, 0.717) is 6.07 Å². The highest BCUT2D eigenvalue weighted by molar-refractivity contribution is 5.93. The largest absolute Gasteiger partial charge is 0.416 e. The fourth-order valence-corrected chi connectivity index (χ4v) is 2.85. The fraction of sp³-hybridized carbons (Fsp3) is 0.533. The third-order valence-corrected chi connectivity index (χ3v) is 4.14. The summed E-state index contributed by atoms with van der Waals surface area (Å²) in [7, 11) is 1.37. The molecule has 1 aliphatic heterocycles. The van der Waals surface area contributed by atoms with Gasteiger partial charge >= 0.3 is 6.18 Å². The summed E-state index contributed by atoms with van der Waals surface area (Å²) in [6.45, 7) is 4.82. The lowest BCUT2D eigenvalue weighted by atomic mass is 9.63. The summed E-state index contributed by atoms with van der Waals surface area (Å²) >= 11 is 0. The van der Waals surface area contributed by atoms with Crippen LogP contribution < -0.4 is 0 Å².